The molecule has 0 atom stereocenters. The van der Waals surface area contributed by atoms with Crippen molar-refractivity contribution in [2.75, 3.05) is 11.9 Å². The number of nitrogens with one attached hydrogen (secondary N) is 2. The largest absolute Gasteiger partial charge is 0.338 e. The number of nitrogens with zero attached hydrogens (tertiary/aromatic N) is 2. The number of anilines is 1. The highest BCUT2D eigenvalue weighted by Crippen LogP contribution is 2.12. The van der Waals surface area contributed by atoms with Gasteiger partial charge in [0, 0.05) is 18.7 Å². The third-order valence-corrected chi connectivity index (χ3v) is 1.94. The van der Waals surface area contributed by atoms with Crippen LogP contribution in [0.15, 0.2) is 12.3 Å². The second-order valence-corrected chi connectivity index (χ2v) is 3.64. The van der Waals surface area contributed by atoms with Crippen molar-refractivity contribution in [3.05, 3.63) is 12.3 Å². The Hall–Kier alpha value is -1.52. The lowest BCUT2D eigenvalue weighted by atomic mass is 10.4. The van der Waals surface area contributed by atoms with E-state index in [9.17, 15) is 4.79 Å². The van der Waals surface area contributed by atoms with E-state index in [1.807, 2.05) is 20.8 Å². The Morgan fingerprint density at radius 2 is 2.33 bits per heavy atom. The summed E-state index contributed by atoms with van der Waals surface area (Å²) in [5.41, 5.74) is 0. The Labute approximate surface area is 89.9 Å². The average molecular weight is 210 g/mol. The third kappa shape index (κ3) is 3.27. The zero-order valence-corrected chi connectivity index (χ0v) is 9.45. The number of hydrogen-bond donors (Lipinski definition) is 2. The minimum atomic E-state index is -0.181. The molecule has 0 saturated carbocycles. The molecule has 0 fully saturated rings. The summed E-state index contributed by atoms with van der Waals surface area (Å²) in [5.74, 6) is 0.721. The Bertz CT molecular complexity index is 319. The molecular weight excluding hydrogens is 192 g/mol. The van der Waals surface area contributed by atoms with Crippen LogP contribution in [-0.4, -0.2) is 22.4 Å². The molecule has 5 nitrogen and oxygen atoms in total. The minimum Gasteiger partial charge on any atom is -0.338 e. The van der Waals surface area contributed by atoms with E-state index < -0.39 is 0 Å². The summed E-state index contributed by atoms with van der Waals surface area (Å²) in [6, 6.07) is 1.84. The number of hydrogen-bond acceptors (Lipinski definition) is 2. The molecule has 5 heteroatoms. The first-order valence-corrected chi connectivity index (χ1v) is 5.23. The molecule has 15 heavy (non-hydrogen) atoms. The van der Waals surface area contributed by atoms with Gasteiger partial charge in [0.1, 0.15) is 5.82 Å². The van der Waals surface area contributed by atoms with Crippen LogP contribution in [0.1, 0.15) is 33.2 Å². The molecule has 2 amide bonds. The number of carbonyl (C=O) groups excluding carboxylic acids is 1. The molecule has 2 N–H and O–H groups in total. The summed E-state index contributed by atoms with van der Waals surface area (Å²) in [4.78, 5) is 11.4. The normalized spacial score (nSPS) is 10.4. The first kappa shape index (κ1) is 11.6. The number of rotatable bonds is 4. The summed E-state index contributed by atoms with van der Waals surface area (Å²) < 4.78 is 1.77. The fourth-order valence-corrected chi connectivity index (χ4v) is 1.22. The summed E-state index contributed by atoms with van der Waals surface area (Å²) in [6.07, 6.45) is 2.60. The quantitative estimate of drug-likeness (QED) is 0.798. The molecule has 0 aromatic carbocycles. The van der Waals surface area contributed by atoms with Gasteiger partial charge in [0.05, 0.1) is 6.20 Å². The van der Waals surface area contributed by atoms with E-state index in [0.29, 0.717) is 6.54 Å². The molecule has 0 aliphatic heterocycles. The summed E-state index contributed by atoms with van der Waals surface area (Å²) in [5, 5.41) is 9.63. The minimum absolute atomic E-state index is 0.181. The van der Waals surface area contributed by atoms with Crippen molar-refractivity contribution in [3.63, 3.8) is 0 Å². The van der Waals surface area contributed by atoms with Gasteiger partial charge in [-0.1, -0.05) is 6.92 Å². The predicted molar refractivity (Wildman–Crippen MR) is 59.9 cm³/mol. The van der Waals surface area contributed by atoms with Gasteiger partial charge in [-0.25, -0.2) is 9.48 Å². The van der Waals surface area contributed by atoms with Crippen molar-refractivity contribution in [1.82, 2.24) is 15.1 Å². The first-order valence-electron chi connectivity index (χ1n) is 5.23. The number of amides is 2. The van der Waals surface area contributed by atoms with Crippen LogP contribution in [0.4, 0.5) is 10.6 Å². The van der Waals surface area contributed by atoms with Crippen LogP contribution >= 0.6 is 0 Å². The lowest BCUT2D eigenvalue weighted by Gasteiger charge is -2.12. The van der Waals surface area contributed by atoms with Crippen molar-refractivity contribution in [1.29, 1.82) is 0 Å². The second-order valence-electron chi connectivity index (χ2n) is 3.64. The fourth-order valence-electron chi connectivity index (χ4n) is 1.22. The summed E-state index contributed by atoms with van der Waals surface area (Å²) >= 11 is 0. The molecule has 0 radical (unpaired) electrons. The topological polar surface area (TPSA) is 59.0 Å². The monoisotopic (exact) mass is 210 g/mol. The van der Waals surface area contributed by atoms with Crippen LogP contribution in [0.3, 0.4) is 0 Å². The van der Waals surface area contributed by atoms with Gasteiger partial charge in [0.15, 0.2) is 0 Å². The standard InChI is InChI=1S/C10H18N4O/c1-4-6-11-10(15)13-9-5-7-12-14(9)8(2)3/h5,7-8H,4,6H2,1-3H3,(H2,11,13,15). The van der Waals surface area contributed by atoms with Gasteiger partial charge in [0.2, 0.25) is 0 Å². The highest BCUT2D eigenvalue weighted by Gasteiger charge is 2.08. The lowest BCUT2D eigenvalue weighted by Crippen LogP contribution is -2.30. The lowest BCUT2D eigenvalue weighted by molar-refractivity contribution is 0.252. The van der Waals surface area contributed by atoms with E-state index in [1.54, 1.807) is 16.9 Å². The van der Waals surface area contributed by atoms with Crippen LogP contribution in [0.2, 0.25) is 0 Å². The molecule has 1 aromatic heterocycles. The van der Waals surface area contributed by atoms with Gasteiger partial charge in [-0.3, -0.25) is 5.32 Å². The molecule has 0 bridgehead atoms. The smallest absolute Gasteiger partial charge is 0.320 e. The van der Waals surface area contributed by atoms with Crippen LogP contribution in [0.25, 0.3) is 0 Å². The number of carbonyl (C=O) groups is 1. The Kier molecular flexibility index (Phi) is 4.15. The predicted octanol–water partition coefficient (Wildman–Crippen LogP) is 2.00. The van der Waals surface area contributed by atoms with Crippen LogP contribution in [-0.2, 0) is 0 Å². The Morgan fingerprint density at radius 3 is 2.93 bits per heavy atom. The molecule has 0 aliphatic carbocycles. The maximum absolute atomic E-state index is 11.4. The van der Waals surface area contributed by atoms with Crippen molar-refractivity contribution >= 4 is 11.8 Å². The maximum atomic E-state index is 11.4. The van der Waals surface area contributed by atoms with E-state index in [0.717, 1.165) is 12.2 Å². The number of urea groups is 1. The van der Waals surface area contributed by atoms with Crippen LogP contribution in [0, 0.1) is 0 Å². The number of aromatic nitrogens is 2. The highest BCUT2D eigenvalue weighted by atomic mass is 16.2. The molecule has 0 unspecified atom stereocenters. The van der Waals surface area contributed by atoms with E-state index in [1.165, 1.54) is 0 Å². The van der Waals surface area contributed by atoms with Gasteiger partial charge in [-0.05, 0) is 20.3 Å². The molecule has 0 aliphatic rings. The Morgan fingerprint density at radius 1 is 1.60 bits per heavy atom. The molecule has 84 valence electrons. The zero-order valence-electron chi connectivity index (χ0n) is 9.45. The fraction of sp³-hybridized carbons (Fsp3) is 0.600. The van der Waals surface area contributed by atoms with E-state index in [-0.39, 0.29) is 12.1 Å². The van der Waals surface area contributed by atoms with Gasteiger partial charge in [-0.15, -0.1) is 0 Å². The summed E-state index contributed by atoms with van der Waals surface area (Å²) in [7, 11) is 0. The molecule has 0 saturated heterocycles. The Balaban J connectivity index is 2.56. The highest BCUT2D eigenvalue weighted by molar-refractivity contribution is 5.88. The van der Waals surface area contributed by atoms with E-state index in [2.05, 4.69) is 15.7 Å². The molecule has 1 aromatic rings. The second kappa shape index (κ2) is 5.38. The van der Waals surface area contributed by atoms with E-state index >= 15 is 0 Å². The van der Waals surface area contributed by atoms with Crippen molar-refractivity contribution in [3.8, 4) is 0 Å². The van der Waals surface area contributed by atoms with Crippen LogP contribution < -0.4 is 10.6 Å². The van der Waals surface area contributed by atoms with Crippen molar-refractivity contribution in [2.24, 2.45) is 0 Å². The SMILES string of the molecule is CCCNC(=O)Nc1ccnn1C(C)C. The zero-order chi connectivity index (χ0) is 11.3. The first-order chi connectivity index (χ1) is 7.15. The van der Waals surface area contributed by atoms with Gasteiger partial charge >= 0.3 is 6.03 Å². The van der Waals surface area contributed by atoms with Crippen molar-refractivity contribution < 1.29 is 4.79 Å². The van der Waals surface area contributed by atoms with Crippen molar-refractivity contribution in [2.45, 2.75) is 33.2 Å². The average Bonchev–Trinajstić information content (AvgIpc) is 2.62. The molecule has 1 heterocycles. The maximum Gasteiger partial charge on any atom is 0.320 e. The molecular formula is C10H18N4O. The van der Waals surface area contributed by atoms with Crippen LogP contribution in [0.5, 0.6) is 0 Å². The van der Waals surface area contributed by atoms with Gasteiger partial charge in [0.25, 0.3) is 0 Å². The molecule has 0 spiro atoms. The molecule has 1 rings (SSSR count). The third-order valence-electron chi connectivity index (χ3n) is 1.94. The summed E-state index contributed by atoms with van der Waals surface area (Å²) in [6.45, 7) is 6.73. The van der Waals surface area contributed by atoms with Gasteiger partial charge < -0.3 is 5.32 Å². The van der Waals surface area contributed by atoms with Gasteiger partial charge in [-0.2, -0.15) is 5.10 Å². The van der Waals surface area contributed by atoms with E-state index in [4.69, 9.17) is 0 Å².